The third-order valence-corrected chi connectivity index (χ3v) is 4.60. The molecule has 1 aromatic rings. The van der Waals surface area contributed by atoms with Crippen LogP contribution in [0.25, 0.3) is 0 Å². The normalized spacial score (nSPS) is 23.1. The fraction of sp³-hybridized carbons (Fsp3) is 0.643. The van der Waals surface area contributed by atoms with Crippen molar-refractivity contribution in [1.29, 1.82) is 0 Å². The van der Waals surface area contributed by atoms with Gasteiger partial charge < -0.3 is 5.32 Å². The number of hydrogen-bond acceptors (Lipinski definition) is 3. The second-order valence-corrected chi connectivity index (χ2v) is 5.91. The summed E-state index contributed by atoms with van der Waals surface area (Å²) in [6.45, 7) is 3.68. The molecule has 1 fully saturated rings. The molecule has 2 atom stereocenters. The third kappa shape index (κ3) is 3.53. The lowest BCUT2D eigenvalue weighted by Gasteiger charge is -2.31. The molecule has 0 spiro atoms. The summed E-state index contributed by atoms with van der Waals surface area (Å²) in [6.07, 6.45) is 4.71. The van der Waals surface area contributed by atoms with Gasteiger partial charge in [0.15, 0.2) is 0 Å². The molecule has 0 bridgehead atoms. The standard InChI is InChI=1S/C14H20BrN3O/c1-9-7-12(10(2)18-17-9)14(19)16-13-6-4-3-5-11(13)8-15/h7,11,13H,3-6,8H2,1-2H3,(H,16,19). The topological polar surface area (TPSA) is 54.9 Å². The molecule has 2 unspecified atom stereocenters. The molecule has 0 aliphatic heterocycles. The Morgan fingerprint density at radius 3 is 2.84 bits per heavy atom. The predicted octanol–water partition coefficient (Wildman–Crippen LogP) is 2.78. The van der Waals surface area contributed by atoms with Crippen molar-refractivity contribution in [3.05, 3.63) is 23.0 Å². The Hall–Kier alpha value is -0.970. The molecule has 1 aliphatic carbocycles. The Morgan fingerprint density at radius 2 is 2.11 bits per heavy atom. The van der Waals surface area contributed by atoms with Crippen LogP contribution in [0.15, 0.2) is 6.07 Å². The quantitative estimate of drug-likeness (QED) is 0.869. The van der Waals surface area contributed by atoms with Gasteiger partial charge in [0.1, 0.15) is 0 Å². The highest BCUT2D eigenvalue weighted by atomic mass is 79.9. The zero-order chi connectivity index (χ0) is 13.8. The molecular weight excluding hydrogens is 306 g/mol. The number of aryl methyl sites for hydroxylation is 2. The average Bonchev–Trinajstić information content (AvgIpc) is 2.42. The number of alkyl halides is 1. The molecular formula is C14H20BrN3O. The summed E-state index contributed by atoms with van der Waals surface area (Å²) in [7, 11) is 0. The van der Waals surface area contributed by atoms with Crippen molar-refractivity contribution in [2.75, 3.05) is 5.33 Å². The summed E-state index contributed by atoms with van der Waals surface area (Å²) in [5.41, 5.74) is 2.11. The Balaban J connectivity index is 2.09. The number of rotatable bonds is 3. The highest BCUT2D eigenvalue weighted by Gasteiger charge is 2.26. The minimum atomic E-state index is -0.0200. The van der Waals surface area contributed by atoms with Gasteiger partial charge in [0, 0.05) is 11.4 Å². The van der Waals surface area contributed by atoms with Crippen LogP contribution in [0.5, 0.6) is 0 Å². The van der Waals surface area contributed by atoms with E-state index in [2.05, 4.69) is 31.4 Å². The lowest BCUT2D eigenvalue weighted by atomic mass is 9.85. The first-order chi connectivity index (χ1) is 9.11. The van der Waals surface area contributed by atoms with Gasteiger partial charge >= 0.3 is 0 Å². The van der Waals surface area contributed by atoms with Crippen molar-refractivity contribution in [2.45, 2.75) is 45.6 Å². The predicted molar refractivity (Wildman–Crippen MR) is 78.5 cm³/mol. The summed E-state index contributed by atoms with van der Waals surface area (Å²) < 4.78 is 0. The fourth-order valence-electron chi connectivity index (χ4n) is 2.61. The highest BCUT2D eigenvalue weighted by Crippen LogP contribution is 2.26. The average molecular weight is 326 g/mol. The zero-order valence-corrected chi connectivity index (χ0v) is 13.0. The zero-order valence-electron chi connectivity index (χ0n) is 11.4. The molecule has 0 radical (unpaired) electrons. The Bertz CT molecular complexity index is 464. The second-order valence-electron chi connectivity index (χ2n) is 5.26. The minimum absolute atomic E-state index is 0.0200. The van der Waals surface area contributed by atoms with Crippen LogP contribution in [0.1, 0.15) is 47.4 Å². The maximum atomic E-state index is 12.4. The maximum Gasteiger partial charge on any atom is 0.253 e. The highest BCUT2D eigenvalue weighted by molar-refractivity contribution is 9.09. The summed E-state index contributed by atoms with van der Waals surface area (Å²) in [5, 5.41) is 12.1. The molecule has 19 heavy (non-hydrogen) atoms. The Morgan fingerprint density at radius 1 is 1.37 bits per heavy atom. The number of hydrogen-bond donors (Lipinski definition) is 1. The molecule has 4 nitrogen and oxygen atoms in total. The van der Waals surface area contributed by atoms with Gasteiger partial charge in [-0.1, -0.05) is 28.8 Å². The van der Waals surface area contributed by atoms with Crippen LogP contribution >= 0.6 is 15.9 Å². The number of nitrogens with one attached hydrogen (secondary N) is 1. The molecule has 0 aromatic carbocycles. The minimum Gasteiger partial charge on any atom is -0.349 e. The van der Waals surface area contributed by atoms with E-state index in [1.54, 1.807) is 0 Å². The van der Waals surface area contributed by atoms with E-state index in [1.807, 2.05) is 19.9 Å². The van der Waals surface area contributed by atoms with E-state index in [9.17, 15) is 4.79 Å². The van der Waals surface area contributed by atoms with Crippen molar-refractivity contribution in [1.82, 2.24) is 15.5 Å². The summed E-state index contributed by atoms with van der Waals surface area (Å²) in [6, 6.07) is 2.08. The smallest absolute Gasteiger partial charge is 0.253 e. The van der Waals surface area contributed by atoms with Gasteiger partial charge in [-0.3, -0.25) is 4.79 Å². The van der Waals surface area contributed by atoms with Crippen molar-refractivity contribution in [3.63, 3.8) is 0 Å². The Labute approximate surface area is 122 Å². The van der Waals surface area contributed by atoms with Crippen LogP contribution in [0, 0.1) is 19.8 Å². The van der Waals surface area contributed by atoms with E-state index in [4.69, 9.17) is 0 Å². The number of amides is 1. The first kappa shape index (κ1) is 14.4. The second kappa shape index (κ2) is 6.46. The van der Waals surface area contributed by atoms with Crippen LogP contribution in [0.2, 0.25) is 0 Å². The van der Waals surface area contributed by atoms with Crippen molar-refractivity contribution in [3.8, 4) is 0 Å². The van der Waals surface area contributed by atoms with Gasteiger partial charge in [0.2, 0.25) is 0 Å². The number of carbonyl (C=O) groups is 1. The van der Waals surface area contributed by atoms with Gasteiger partial charge in [-0.05, 0) is 38.7 Å². The summed E-state index contributed by atoms with van der Waals surface area (Å²) in [5.74, 6) is 0.516. The van der Waals surface area contributed by atoms with E-state index in [0.29, 0.717) is 17.2 Å². The molecule has 1 amide bonds. The molecule has 104 valence electrons. The number of carbonyl (C=O) groups excluding carboxylic acids is 1. The lowest BCUT2D eigenvalue weighted by molar-refractivity contribution is 0.0910. The number of nitrogens with zero attached hydrogens (tertiary/aromatic N) is 2. The van der Waals surface area contributed by atoms with Gasteiger partial charge in [0.25, 0.3) is 5.91 Å². The van der Waals surface area contributed by atoms with Crippen molar-refractivity contribution < 1.29 is 4.79 Å². The molecule has 1 saturated carbocycles. The van der Waals surface area contributed by atoms with Gasteiger partial charge in [-0.15, -0.1) is 0 Å². The van der Waals surface area contributed by atoms with Crippen LogP contribution in [-0.2, 0) is 0 Å². The fourth-order valence-corrected chi connectivity index (χ4v) is 3.38. The van der Waals surface area contributed by atoms with E-state index in [-0.39, 0.29) is 11.9 Å². The number of halogens is 1. The van der Waals surface area contributed by atoms with Gasteiger partial charge in [0.05, 0.1) is 17.0 Å². The monoisotopic (exact) mass is 325 g/mol. The van der Waals surface area contributed by atoms with Crippen LogP contribution in [-0.4, -0.2) is 27.5 Å². The lowest BCUT2D eigenvalue weighted by Crippen LogP contribution is -2.43. The van der Waals surface area contributed by atoms with Crippen molar-refractivity contribution >= 4 is 21.8 Å². The molecule has 1 N–H and O–H groups in total. The summed E-state index contributed by atoms with van der Waals surface area (Å²) in [4.78, 5) is 12.4. The van der Waals surface area contributed by atoms with Crippen LogP contribution < -0.4 is 5.32 Å². The first-order valence-electron chi connectivity index (χ1n) is 6.79. The number of aromatic nitrogens is 2. The van der Waals surface area contributed by atoms with E-state index in [1.165, 1.54) is 19.3 Å². The first-order valence-corrected chi connectivity index (χ1v) is 7.91. The van der Waals surface area contributed by atoms with Crippen LogP contribution in [0.3, 0.4) is 0 Å². The molecule has 5 heteroatoms. The van der Waals surface area contributed by atoms with Gasteiger partial charge in [-0.25, -0.2) is 0 Å². The summed E-state index contributed by atoms with van der Waals surface area (Å²) >= 11 is 3.55. The third-order valence-electron chi connectivity index (χ3n) is 3.77. The molecule has 1 aliphatic rings. The molecule has 1 aromatic heterocycles. The SMILES string of the molecule is Cc1cc(C(=O)NC2CCCCC2CBr)c(C)nn1. The van der Waals surface area contributed by atoms with Gasteiger partial charge in [-0.2, -0.15) is 10.2 Å². The van der Waals surface area contributed by atoms with Crippen molar-refractivity contribution in [2.24, 2.45) is 5.92 Å². The largest absolute Gasteiger partial charge is 0.349 e. The molecule has 2 rings (SSSR count). The van der Waals surface area contributed by atoms with Crippen LogP contribution in [0.4, 0.5) is 0 Å². The van der Waals surface area contributed by atoms with E-state index >= 15 is 0 Å². The maximum absolute atomic E-state index is 12.4. The molecule has 0 saturated heterocycles. The Kier molecular flexibility index (Phi) is 4.91. The van der Waals surface area contributed by atoms with E-state index < -0.39 is 0 Å². The van der Waals surface area contributed by atoms with E-state index in [0.717, 1.165) is 17.4 Å². The molecule has 1 heterocycles.